The first-order chi connectivity index (χ1) is 8.08. The van der Waals surface area contributed by atoms with Crippen molar-refractivity contribution in [3.05, 3.63) is 29.8 Å². The topological polar surface area (TPSA) is 41.1 Å². The average molecular weight is 234 g/mol. The average Bonchev–Trinajstić information content (AvgIpc) is 2.37. The summed E-state index contributed by atoms with van der Waals surface area (Å²) in [5.41, 5.74) is 1.69. The van der Waals surface area contributed by atoms with Gasteiger partial charge in [0.15, 0.2) is 0 Å². The Kier molecular flexibility index (Phi) is 5.01. The fraction of sp³-hybridized carbons (Fsp3) is 0.500. The van der Waals surface area contributed by atoms with Gasteiger partial charge >= 0.3 is 0 Å². The van der Waals surface area contributed by atoms with Crippen LogP contribution in [0.15, 0.2) is 24.3 Å². The normalized spacial score (nSPS) is 13.9. The SMILES string of the molecule is CCC(C)C(C)Nc1cccc(C(=O)NC)c1. The Morgan fingerprint density at radius 3 is 2.65 bits per heavy atom. The lowest BCUT2D eigenvalue weighted by Gasteiger charge is -2.21. The molecule has 0 aliphatic rings. The van der Waals surface area contributed by atoms with Crippen LogP contribution in [-0.4, -0.2) is 19.0 Å². The number of carbonyl (C=O) groups excluding carboxylic acids is 1. The molecule has 3 heteroatoms. The Hall–Kier alpha value is -1.51. The molecule has 17 heavy (non-hydrogen) atoms. The highest BCUT2D eigenvalue weighted by Crippen LogP contribution is 2.16. The number of hydrogen-bond acceptors (Lipinski definition) is 2. The molecule has 2 N–H and O–H groups in total. The van der Waals surface area contributed by atoms with E-state index in [1.807, 2.05) is 24.3 Å². The van der Waals surface area contributed by atoms with Crippen molar-refractivity contribution in [1.82, 2.24) is 5.32 Å². The van der Waals surface area contributed by atoms with Crippen LogP contribution in [-0.2, 0) is 0 Å². The van der Waals surface area contributed by atoms with Gasteiger partial charge in [-0.3, -0.25) is 4.79 Å². The van der Waals surface area contributed by atoms with Crippen molar-refractivity contribution in [3.63, 3.8) is 0 Å². The van der Waals surface area contributed by atoms with Crippen LogP contribution in [0.5, 0.6) is 0 Å². The maximum absolute atomic E-state index is 11.5. The number of anilines is 1. The van der Waals surface area contributed by atoms with Gasteiger partial charge in [0.05, 0.1) is 0 Å². The lowest BCUT2D eigenvalue weighted by molar-refractivity contribution is 0.0963. The van der Waals surface area contributed by atoms with Gasteiger partial charge in [0.1, 0.15) is 0 Å². The van der Waals surface area contributed by atoms with Crippen molar-refractivity contribution >= 4 is 11.6 Å². The molecule has 1 rings (SSSR count). The molecule has 1 aromatic rings. The van der Waals surface area contributed by atoms with Crippen LogP contribution in [0, 0.1) is 5.92 Å². The first kappa shape index (κ1) is 13.6. The highest BCUT2D eigenvalue weighted by Gasteiger charge is 2.10. The Morgan fingerprint density at radius 1 is 1.35 bits per heavy atom. The van der Waals surface area contributed by atoms with Crippen LogP contribution in [0.2, 0.25) is 0 Å². The lowest BCUT2D eigenvalue weighted by Crippen LogP contribution is -2.23. The van der Waals surface area contributed by atoms with Crippen LogP contribution in [0.1, 0.15) is 37.6 Å². The molecule has 0 saturated carbocycles. The molecule has 0 saturated heterocycles. The minimum atomic E-state index is -0.0511. The summed E-state index contributed by atoms with van der Waals surface area (Å²) in [6.45, 7) is 6.57. The minimum Gasteiger partial charge on any atom is -0.382 e. The van der Waals surface area contributed by atoms with E-state index in [1.54, 1.807) is 7.05 Å². The van der Waals surface area contributed by atoms with Gasteiger partial charge in [-0.25, -0.2) is 0 Å². The molecule has 0 bridgehead atoms. The zero-order valence-corrected chi connectivity index (χ0v) is 11.1. The van der Waals surface area contributed by atoms with E-state index in [0.29, 0.717) is 17.5 Å². The fourth-order valence-electron chi connectivity index (χ4n) is 1.65. The van der Waals surface area contributed by atoms with Gasteiger partial charge in [-0.1, -0.05) is 26.3 Å². The van der Waals surface area contributed by atoms with Gasteiger partial charge in [-0.2, -0.15) is 0 Å². The van der Waals surface area contributed by atoms with E-state index < -0.39 is 0 Å². The van der Waals surface area contributed by atoms with E-state index in [9.17, 15) is 4.79 Å². The number of rotatable bonds is 5. The van der Waals surface area contributed by atoms with Crippen LogP contribution in [0.3, 0.4) is 0 Å². The molecule has 0 heterocycles. The predicted molar refractivity (Wildman–Crippen MR) is 72.4 cm³/mol. The maximum atomic E-state index is 11.5. The van der Waals surface area contributed by atoms with E-state index >= 15 is 0 Å². The third kappa shape index (κ3) is 3.77. The van der Waals surface area contributed by atoms with Gasteiger partial charge in [0.2, 0.25) is 0 Å². The van der Waals surface area contributed by atoms with Crippen molar-refractivity contribution in [2.75, 3.05) is 12.4 Å². The molecule has 0 radical (unpaired) electrons. The third-order valence-electron chi connectivity index (χ3n) is 3.24. The summed E-state index contributed by atoms with van der Waals surface area (Å²) < 4.78 is 0. The monoisotopic (exact) mass is 234 g/mol. The summed E-state index contributed by atoms with van der Waals surface area (Å²) in [4.78, 5) is 11.5. The molecule has 3 nitrogen and oxygen atoms in total. The zero-order chi connectivity index (χ0) is 12.8. The molecule has 0 aliphatic carbocycles. The molecule has 1 aromatic carbocycles. The molecule has 0 spiro atoms. The van der Waals surface area contributed by atoms with Crippen LogP contribution in [0.25, 0.3) is 0 Å². The minimum absolute atomic E-state index is 0.0511. The Morgan fingerprint density at radius 2 is 2.06 bits per heavy atom. The fourth-order valence-corrected chi connectivity index (χ4v) is 1.65. The molecular formula is C14H22N2O. The van der Waals surface area contributed by atoms with Gasteiger partial charge in [-0.15, -0.1) is 0 Å². The first-order valence-electron chi connectivity index (χ1n) is 6.17. The smallest absolute Gasteiger partial charge is 0.251 e. The van der Waals surface area contributed by atoms with Crippen molar-refractivity contribution in [2.24, 2.45) is 5.92 Å². The third-order valence-corrected chi connectivity index (χ3v) is 3.24. The number of benzene rings is 1. The van der Waals surface area contributed by atoms with Crippen molar-refractivity contribution in [1.29, 1.82) is 0 Å². The van der Waals surface area contributed by atoms with Gasteiger partial charge < -0.3 is 10.6 Å². The summed E-state index contributed by atoms with van der Waals surface area (Å²) in [5, 5.41) is 6.06. The summed E-state index contributed by atoms with van der Waals surface area (Å²) in [5.74, 6) is 0.559. The predicted octanol–water partition coefficient (Wildman–Crippen LogP) is 2.89. The summed E-state index contributed by atoms with van der Waals surface area (Å²) >= 11 is 0. The van der Waals surface area contributed by atoms with Gasteiger partial charge in [0.25, 0.3) is 5.91 Å². The first-order valence-corrected chi connectivity index (χ1v) is 6.17. The quantitative estimate of drug-likeness (QED) is 0.822. The molecular weight excluding hydrogens is 212 g/mol. The van der Waals surface area contributed by atoms with Crippen LogP contribution in [0.4, 0.5) is 5.69 Å². The second kappa shape index (κ2) is 6.28. The van der Waals surface area contributed by atoms with E-state index in [-0.39, 0.29) is 5.91 Å². The van der Waals surface area contributed by atoms with Crippen molar-refractivity contribution < 1.29 is 4.79 Å². The van der Waals surface area contributed by atoms with E-state index in [4.69, 9.17) is 0 Å². The van der Waals surface area contributed by atoms with E-state index in [1.165, 1.54) is 0 Å². The Labute approximate surface area is 104 Å². The van der Waals surface area contributed by atoms with Crippen molar-refractivity contribution in [3.8, 4) is 0 Å². The van der Waals surface area contributed by atoms with Gasteiger partial charge in [0, 0.05) is 24.3 Å². The second-order valence-electron chi connectivity index (χ2n) is 4.48. The molecule has 2 atom stereocenters. The van der Waals surface area contributed by atoms with E-state index in [0.717, 1.165) is 12.1 Å². The number of hydrogen-bond donors (Lipinski definition) is 2. The number of amides is 1. The number of carbonyl (C=O) groups is 1. The molecule has 0 aromatic heterocycles. The second-order valence-corrected chi connectivity index (χ2v) is 4.48. The molecule has 0 aliphatic heterocycles. The molecule has 94 valence electrons. The Balaban J connectivity index is 2.75. The lowest BCUT2D eigenvalue weighted by atomic mass is 10.0. The highest BCUT2D eigenvalue weighted by atomic mass is 16.1. The van der Waals surface area contributed by atoms with E-state index in [2.05, 4.69) is 31.4 Å². The van der Waals surface area contributed by atoms with Gasteiger partial charge in [-0.05, 0) is 31.0 Å². The molecule has 1 amide bonds. The summed E-state index contributed by atoms with van der Waals surface area (Å²) in [6.07, 6.45) is 1.14. The molecule has 0 fully saturated rings. The van der Waals surface area contributed by atoms with Crippen LogP contribution >= 0.6 is 0 Å². The van der Waals surface area contributed by atoms with Crippen LogP contribution < -0.4 is 10.6 Å². The standard InChI is InChI=1S/C14H22N2O/c1-5-10(2)11(3)16-13-8-6-7-12(9-13)14(17)15-4/h6-11,16H,5H2,1-4H3,(H,15,17). The largest absolute Gasteiger partial charge is 0.382 e. The summed E-state index contributed by atoms with van der Waals surface area (Å²) in [6, 6.07) is 8.00. The highest BCUT2D eigenvalue weighted by molar-refractivity contribution is 5.94. The maximum Gasteiger partial charge on any atom is 0.251 e. The Bertz CT molecular complexity index is 376. The van der Waals surface area contributed by atoms with Crippen molar-refractivity contribution in [2.45, 2.75) is 33.2 Å². The summed E-state index contributed by atoms with van der Waals surface area (Å²) in [7, 11) is 1.64. The number of nitrogens with one attached hydrogen (secondary N) is 2. The zero-order valence-electron chi connectivity index (χ0n) is 11.1. The molecule has 2 unspecified atom stereocenters.